The second-order valence-corrected chi connectivity index (χ2v) is 14.2. The first-order valence-electron chi connectivity index (χ1n) is 16.0. The predicted molar refractivity (Wildman–Crippen MR) is 161 cm³/mol. The summed E-state index contributed by atoms with van der Waals surface area (Å²) in [5, 5.41) is 13.1. The van der Waals surface area contributed by atoms with E-state index >= 15 is 0 Å². The zero-order chi connectivity index (χ0) is 31.3. The number of carboxylic acid groups (broad SMARTS) is 1. The van der Waals surface area contributed by atoms with E-state index in [4.69, 9.17) is 24.2 Å². The van der Waals surface area contributed by atoms with E-state index in [1.165, 1.54) is 11.3 Å². The van der Waals surface area contributed by atoms with Crippen molar-refractivity contribution in [3.05, 3.63) is 23.9 Å². The highest BCUT2D eigenvalue weighted by atomic mass is 16.6. The molecule has 11 heteroatoms. The molecule has 0 unspecified atom stereocenters. The third-order valence-corrected chi connectivity index (χ3v) is 10.1. The minimum absolute atomic E-state index is 0.0333. The summed E-state index contributed by atoms with van der Waals surface area (Å²) in [7, 11) is 1.59. The quantitative estimate of drug-likeness (QED) is 0.501. The molecule has 2 aliphatic carbocycles. The summed E-state index contributed by atoms with van der Waals surface area (Å²) in [5.41, 5.74) is 1.36. The maximum absolute atomic E-state index is 14.1. The number of methoxy groups -OCH3 is 1. The van der Waals surface area contributed by atoms with E-state index in [9.17, 15) is 19.5 Å². The number of nitrogens with one attached hydrogen (secondary N) is 1. The lowest BCUT2D eigenvalue weighted by molar-refractivity contribution is -0.151. The van der Waals surface area contributed by atoms with Crippen molar-refractivity contribution in [2.75, 3.05) is 13.7 Å². The highest BCUT2D eigenvalue weighted by molar-refractivity contribution is 5.90. The largest absolute Gasteiger partial charge is 0.497 e. The van der Waals surface area contributed by atoms with Crippen molar-refractivity contribution in [1.29, 1.82) is 0 Å². The first kappa shape index (κ1) is 30.4. The maximum atomic E-state index is 14.1. The van der Waals surface area contributed by atoms with Crippen LogP contribution in [0.15, 0.2) is 18.2 Å². The summed E-state index contributed by atoms with van der Waals surface area (Å²) in [4.78, 5) is 51.0. The van der Waals surface area contributed by atoms with Crippen LogP contribution in [0.4, 0.5) is 4.79 Å². The Morgan fingerprint density at radius 2 is 1.84 bits per heavy atom. The number of fused-ring (bicyclic) bond motifs is 7. The Bertz CT molecular complexity index is 1440. The molecule has 238 valence electrons. The average Bonchev–Trinajstić information content (AvgIpc) is 3.53. The molecule has 6 rings (SSSR count). The number of rotatable bonds is 2. The second kappa shape index (κ2) is 11.7. The van der Waals surface area contributed by atoms with Crippen molar-refractivity contribution in [2.24, 2.45) is 29.1 Å². The van der Waals surface area contributed by atoms with Crippen LogP contribution in [0.3, 0.4) is 0 Å². The topological polar surface area (TPSA) is 140 Å². The highest BCUT2D eigenvalue weighted by Gasteiger charge is 2.55. The molecule has 8 atom stereocenters. The van der Waals surface area contributed by atoms with Gasteiger partial charge < -0.3 is 29.5 Å². The summed E-state index contributed by atoms with van der Waals surface area (Å²) in [5.74, 6) is 0.381. The van der Waals surface area contributed by atoms with Crippen LogP contribution in [0.1, 0.15) is 71.9 Å². The number of hydrogen-bond donors (Lipinski definition) is 2. The van der Waals surface area contributed by atoms with E-state index < -0.39 is 47.5 Å². The van der Waals surface area contributed by atoms with Crippen molar-refractivity contribution in [3.63, 3.8) is 0 Å². The van der Waals surface area contributed by atoms with E-state index in [1.807, 2.05) is 32.9 Å². The molecule has 0 radical (unpaired) electrons. The molecule has 44 heavy (non-hydrogen) atoms. The van der Waals surface area contributed by atoms with Gasteiger partial charge in [0.15, 0.2) is 0 Å². The average molecular weight is 609 g/mol. The van der Waals surface area contributed by atoms with Gasteiger partial charge in [-0.25, -0.2) is 19.6 Å². The minimum atomic E-state index is -1.14. The minimum Gasteiger partial charge on any atom is -0.497 e. The van der Waals surface area contributed by atoms with Crippen LogP contribution in [0.2, 0.25) is 0 Å². The summed E-state index contributed by atoms with van der Waals surface area (Å²) in [6.45, 7) is 7.36. The number of carboxylic acids is 1. The van der Waals surface area contributed by atoms with Gasteiger partial charge >= 0.3 is 12.1 Å². The van der Waals surface area contributed by atoms with Gasteiger partial charge in [-0.05, 0) is 67.4 Å². The smallest absolute Gasteiger partial charge is 0.408 e. The third kappa shape index (κ3) is 5.89. The molecule has 2 bridgehead atoms. The zero-order valence-corrected chi connectivity index (χ0v) is 26.2. The van der Waals surface area contributed by atoms with Crippen molar-refractivity contribution in [3.8, 4) is 11.6 Å². The molecule has 2 amide bonds. The van der Waals surface area contributed by atoms with E-state index in [0.717, 1.165) is 43.3 Å². The van der Waals surface area contributed by atoms with Crippen LogP contribution in [0, 0.1) is 29.1 Å². The molecular weight excluding hydrogens is 564 g/mol. The van der Waals surface area contributed by atoms with Crippen molar-refractivity contribution in [2.45, 2.75) is 96.9 Å². The Kier molecular flexibility index (Phi) is 8.09. The molecule has 3 heterocycles. The molecule has 2 aromatic rings. The lowest BCUT2D eigenvalue weighted by Gasteiger charge is -2.35. The van der Waals surface area contributed by atoms with Crippen LogP contribution in [0.25, 0.3) is 11.0 Å². The number of benzene rings is 1. The van der Waals surface area contributed by atoms with Crippen molar-refractivity contribution in [1.82, 2.24) is 20.2 Å². The van der Waals surface area contributed by atoms with Gasteiger partial charge in [0.05, 0.1) is 24.7 Å². The summed E-state index contributed by atoms with van der Waals surface area (Å²) in [6.07, 6.45) is 5.16. The Morgan fingerprint density at radius 1 is 1.05 bits per heavy atom. The molecule has 0 spiro atoms. The van der Waals surface area contributed by atoms with Crippen LogP contribution in [0.5, 0.6) is 11.6 Å². The highest BCUT2D eigenvalue weighted by Crippen LogP contribution is 2.57. The first-order valence-corrected chi connectivity index (χ1v) is 16.0. The molecule has 11 nitrogen and oxygen atoms in total. The standard InChI is InChI=1S/C33H44N4O7/c1-17-26-16-37(27(17)31(39)40)30(38)28(33(2,3)4)36-32(41)44-25-14-18-13-21(18)20(25)9-7-6-8-10-23-29(43-26)35-24-15-19(42-5)11-12-22(24)34-23/h11-12,15,17-18,20-21,25-28H,6-10,13-14,16H2,1-5H3,(H,36,41)(H,39,40)/t17-,18+,20-,21+,25-,26+,27+,28-/m1/s1. The van der Waals surface area contributed by atoms with Crippen LogP contribution in [-0.2, 0) is 20.7 Å². The molecular formula is C33H44N4O7. The SMILES string of the molecule is COc1ccc2nc3c(nc2c1)O[C@H]1CN(C(=O)[C@H](C(C)(C)C)NC(=O)O[C@@H]2C[C@@H]4C[C@@H]4[C@H]2CCCCC3)[C@H](C(=O)O)[C@@H]1C. The van der Waals surface area contributed by atoms with Gasteiger partial charge in [0.1, 0.15) is 35.7 Å². The zero-order valence-electron chi connectivity index (χ0n) is 26.2. The first-order chi connectivity index (χ1) is 20.9. The normalized spacial score (nSPS) is 32.7. The van der Waals surface area contributed by atoms with Crippen LogP contribution in [-0.4, -0.2) is 75.9 Å². The van der Waals surface area contributed by atoms with Gasteiger partial charge in [0.2, 0.25) is 11.8 Å². The van der Waals surface area contributed by atoms with Gasteiger partial charge in [0.25, 0.3) is 0 Å². The van der Waals surface area contributed by atoms with Gasteiger partial charge in [0, 0.05) is 12.0 Å². The maximum Gasteiger partial charge on any atom is 0.408 e. The molecule has 2 N–H and O–H groups in total. The fourth-order valence-corrected chi connectivity index (χ4v) is 7.58. The van der Waals surface area contributed by atoms with Crippen LogP contribution >= 0.6 is 0 Å². The van der Waals surface area contributed by atoms with Gasteiger partial charge in [-0.3, -0.25) is 4.79 Å². The number of carbonyl (C=O) groups excluding carboxylic acids is 2. The Morgan fingerprint density at radius 3 is 2.57 bits per heavy atom. The number of nitrogens with zero attached hydrogens (tertiary/aromatic N) is 3. The van der Waals surface area contributed by atoms with E-state index in [2.05, 4.69) is 5.32 Å². The molecule has 1 saturated heterocycles. The lowest BCUT2D eigenvalue weighted by Crippen LogP contribution is -2.57. The second-order valence-electron chi connectivity index (χ2n) is 14.2. The van der Waals surface area contributed by atoms with Crippen LogP contribution < -0.4 is 14.8 Å². The van der Waals surface area contributed by atoms with Gasteiger partial charge in [-0.15, -0.1) is 0 Å². The number of aliphatic carboxylic acids is 1. The number of amides is 2. The molecule has 4 aliphatic rings. The Hall–Kier alpha value is -3.63. The number of carbonyl (C=O) groups is 3. The third-order valence-electron chi connectivity index (χ3n) is 10.1. The number of hydrogen-bond acceptors (Lipinski definition) is 8. The fourth-order valence-electron chi connectivity index (χ4n) is 7.58. The predicted octanol–water partition coefficient (Wildman–Crippen LogP) is 4.60. The van der Waals surface area contributed by atoms with Gasteiger partial charge in [-0.2, -0.15) is 0 Å². The number of alkyl carbamates (subject to hydrolysis) is 1. The Labute approximate surface area is 258 Å². The number of ether oxygens (including phenoxy) is 3. The molecule has 1 aromatic heterocycles. The fraction of sp³-hybridized carbons (Fsp3) is 0.667. The Balaban J connectivity index is 1.36. The van der Waals surface area contributed by atoms with E-state index in [1.54, 1.807) is 20.1 Å². The summed E-state index contributed by atoms with van der Waals surface area (Å²) >= 11 is 0. The molecule has 3 fully saturated rings. The van der Waals surface area contributed by atoms with Gasteiger partial charge in [-0.1, -0.05) is 40.5 Å². The van der Waals surface area contributed by atoms with E-state index in [0.29, 0.717) is 41.3 Å². The van der Waals surface area contributed by atoms with E-state index in [-0.39, 0.29) is 12.6 Å². The summed E-state index contributed by atoms with van der Waals surface area (Å²) < 4.78 is 17.9. The van der Waals surface area contributed by atoms with Crippen molar-refractivity contribution >= 4 is 29.0 Å². The lowest BCUT2D eigenvalue weighted by atomic mass is 9.85. The number of aryl methyl sites for hydroxylation is 1. The molecule has 2 aliphatic heterocycles. The number of aromatic nitrogens is 2. The summed E-state index contributed by atoms with van der Waals surface area (Å²) in [6, 6.07) is 3.40. The monoisotopic (exact) mass is 608 g/mol. The van der Waals surface area contributed by atoms with Crippen molar-refractivity contribution < 1.29 is 33.7 Å². The molecule has 2 saturated carbocycles. The molecule has 1 aromatic carbocycles.